The minimum Gasteiger partial charge on any atom is -0.478 e. The lowest BCUT2D eigenvalue weighted by molar-refractivity contribution is -0.130. The van der Waals surface area contributed by atoms with Crippen molar-refractivity contribution in [2.45, 2.75) is 20.3 Å². The summed E-state index contributed by atoms with van der Waals surface area (Å²) < 4.78 is 13.6. The van der Waals surface area contributed by atoms with Crippen LogP contribution in [0.1, 0.15) is 30.6 Å². The second kappa shape index (κ2) is 7.47. The fraction of sp³-hybridized carbons (Fsp3) is 0.429. The first kappa shape index (κ1) is 15.9. The van der Waals surface area contributed by atoms with E-state index in [9.17, 15) is 14.0 Å². The van der Waals surface area contributed by atoms with Gasteiger partial charge in [-0.2, -0.15) is 0 Å². The van der Waals surface area contributed by atoms with Crippen molar-refractivity contribution in [3.05, 3.63) is 29.6 Å². The van der Waals surface area contributed by atoms with E-state index in [1.807, 2.05) is 13.8 Å². The molecule has 0 aliphatic carbocycles. The standard InChI is InChI=1S/C14H19FN2O3/c1-3-17(4-2)12(18)8-9-16-13-10(14(19)20)6-5-7-11(13)15/h5-7,16H,3-4,8-9H2,1-2H3,(H,19,20). The second-order valence-electron chi connectivity index (χ2n) is 4.21. The van der Waals surface area contributed by atoms with Gasteiger partial charge in [0.2, 0.25) is 5.91 Å². The molecular weight excluding hydrogens is 263 g/mol. The summed E-state index contributed by atoms with van der Waals surface area (Å²) in [5, 5.41) is 11.7. The summed E-state index contributed by atoms with van der Waals surface area (Å²) in [6, 6.07) is 3.84. The molecule has 1 aromatic carbocycles. The van der Waals surface area contributed by atoms with Gasteiger partial charge in [0.1, 0.15) is 5.82 Å². The molecule has 20 heavy (non-hydrogen) atoms. The number of carbonyl (C=O) groups excluding carboxylic acids is 1. The molecule has 0 unspecified atom stereocenters. The minimum atomic E-state index is -1.21. The zero-order chi connectivity index (χ0) is 15.1. The number of amides is 1. The van der Waals surface area contributed by atoms with Gasteiger partial charge in [0, 0.05) is 26.1 Å². The number of anilines is 1. The van der Waals surface area contributed by atoms with E-state index in [2.05, 4.69) is 5.32 Å². The maximum absolute atomic E-state index is 13.6. The molecule has 0 spiro atoms. The predicted molar refractivity (Wildman–Crippen MR) is 74.4 cm³/mol. The van der Waals surface area contributed by atoms with Crippen LogP contribution in [-0.2, 0) is 4.79 Å². The van der Waals surface area contributed by atoms with E-state index < -0.39 is 11.8 Å². The number of nitrogens with one attached hydrogen (secondary N) is 1. The highest BCUT2D eigenvalue weighted by molar-refractivity contribution is 5.94. The van der Waals surface area contributed by atoms with Crippen molar-refractivity contribution >= 4 is 17.6 Å². The first-order valence-electron chi connectivity index (χ1n) is 6.54. The van der Waals surface area contributed by atoms with Crippen LogP contribution in [0.3, 0.4) is 0 Å². The molecule has 0 fully saturated rings. The van der Waals surface area contributed by atoms with E-state index in [0.717, 1.165) is 0 Å². The third kappa shape index (κ3) is 3.94. The van der Waals surface area contributed by atoms with Crippen LogP contribution in [0.2, 0.25) is 0 Å². The summed E-state index contributed by atoms with van der Waals surface area (Å²) in [5.41, 5.74) is -0.215. The van der Waals surface area contributed by atoms with Crippen molar-refractivity contribution in [2.75, 3.05) is 25.0 Å². The molecule has 0 heterocycles. The van der Waals surface area contributed by atoms with E-state index >= 15 is 0 Å². The molecule has 0 bridgehead atoms. The van der Waals surface area contributed by atoms with Gasteiger partial charge in [-0.1, -0.05) is 6.07 Å². The van der Waals surface area contributed by atoms with E-state index in [-0.39, 0.29) is 30.1 Å². The zero-order valence-electron chi connectivity index (χ0n) is 11.6. The maximum atomic E-state index is 13.6. The summed E-state index contributed by atoms with van der Waals surface area (Å²) >= 11 is 0. The van der Waals surface area contributed by atoms with Crippen LogP contribution < -0.4 is 5.32 Å². The lowest BCUT2D eigenvalue weighted by Crippen LogP contribution is -2.31. The number of hydrogen-bond acceptors (Lipinski definition) is 3. The van der Waals surface area contributed by atoms with Gasteiger partial charge in [0.15, 0.2) is 0 Å². The third-order valence-electron chi connectivity index (χ3n) is 3.00. The summed E-state index contributed by atoms with van der Waals surface area (Å²) in [5.74, 6) is -1.89. The number of aromatic carboxylic acids is 1. The highest BCUT2D eigenvalue weighted by Gasteiger charge is 2.15. The Labute approximate surface area is 117 Å². The Morgan fingerprint density at radius 3 is 2.50 bits per heavy atom. The Morgan fingerprint density at radius 2 is 1.95 bits per heavy atom. The number of benzene rings is 1. The molecule has 5 nitrogen and oxygen atoms in total. The molecule has 0 aromatic heterocycles. The SMILES string of the molecule is CCN(CC)C(=O)CCNc1c(F)cccc1C(=O)O. The molecule has 1 amide bonds. The van der Waals surface area contributed by atoms with Gasteiger partial charge in [-0.15, -0.1) is 0 Å². The van der Waals surface area contributed by atoms with Crippen LogP contribution in [0.15, 0.2) is 18.2 Å². The van der Waals surface area contributed by atoms with Crippen LogP contribution in [0.5, 0.6) is 0 Å². The molecule has 0 radical (unpaired) electrons. The fourth-order valence-electron chi connectivity index (χ4n) is 1.91. The predicted octanol–water partition coefficient (Wildman–Crippen LogP) is 2.19. The average Bonchev–Trinajstić information content (AvgIpc) is 2.41. The Balaban J connectivity index is 2.67. The Morgan fingerprint density at radius 1 is 1.30 bits per heavy atom. The minimum absolute atomic E-state index is 0.0456. The van der Waals surface area contributed by atoms with Crippen LogP contribution in [-0.4, -0.2) is 41.5 Å². The molecule has 110 valence electrons. The molecule has 1 rings (SSSR count). The first-order valence-corrected chi connectivity index (χ1v) is 6.54. The lowest BCUT2D eigenvalue weighted by atomic mass is 10.1. The number of nitrogens with zero attached hydrogens (tertiary/aromatic N) is 1. The zero-order valence-corrected chi connectivity index (χ0v) is 11.6. The van der Waals surface area contributed by atoms with Crippen LogP contribution in [0.25, 0.3) is 0 Å². The highest BCUT2D eigenvalue weighted by Crippen LogP contribution is 2.19. The largest absolute Gasteiger partial charge is 0.478 e. The summed E-state index contributed by atoms with van der Waals surface area (Å²) in [4.78, 5) is 24.4. The topological polar surface area (TPSA) is 69.6 Å². The van der Waals surface area contributed by atoms with E-state index in [4.69, 9.17) is 5.11 Å². The van der Waals surface area contributed by atoms with Crippen LogP contribution >= 0.6 is 0 Å². The number of carboxylic acids is 1. The maximum Gasteiger partial charge on any atom is 0.337 e. The Kier molecular flexibility index (Phi) is 5.96. The van der Waals surface area contributed by atoms with Crippen LogP contribution in [0.4, 0.5) is 10.1 Å². The van der Waals surface area contributed by atoms with Gasteiger partial charge in [0.05, 0.1) is 11.3 Å². The number of halogens is 1. The molecule has 6 heteroatoms. The van der Waals surface area contributed by atoms with Gasteiger partial charge in [-0.25, -0.2) is 9.18 Å². The van der Waals surface area contributed by atoms with E-state index in [1.54, 1.807) is 4.90 Å². The monoisotopic (exact) mass is 282 g/mol. The quantitative estimate of drug-likeness (QED) is 0.804. The number of rotatable bonds is 7. The van der Waals surface area contributed by atoms with Gasteiger partial charge in [0.25, 0.3) is 0 Å². The van der Waals surface area contributed by atoms with E-state index in [0.29, 0.717) is 13.1 Å². The number of hydrogen-bond donors (Lipinski definition) is 2. The van der Waals surface area contributed by atoms with Crippen molar-refractivity contribution in [3.63, 3.8) is 0 Å². The third-order valence-corrected chi connectivity index (χ3v) is 3.00. The summed E-state index contributed by atoms with van der Waals surface area (Å²) in [7, 11) is 0. The number of carbonyl (C=O) groups is 2. The number of carboxylic acid groups (broad SMARTS) is 1. The van der Waals surface area contributed by atoms with Gasteiger partial charge in [-0.3, -0.25) is 4.79 Å². The van der Waals surface area contributed by atoms with Gasteiger partial charge < -0.3 is 15.3 Å². The number of para-hydroxylation sites is 1. The Hall–Kier alpha value is -2.11. The van der Waals surface area contributed by atoms with Crippen molar-refractivity contribution in [1.29, 1.82) is 0 Å². The lowest BCUT2D eigenvalue weighted by Gasteiger charge is -2.19. The second-order valence-corrected chi connectivity index (χ2v) is 4.21. The van der Waals surface area contributed by atoms with Crippen molar-refractivity contribution in [1.82, 2.24) is 4.90 Å². The normalized spacial score (nSPS) is 10.2. The molecule has 0 aliphatic heterocycles. The van der Waals surface area contributed by atoms with Crippen LogP contribution in [0, 0.1) is 5.82 Å². The molecule has 2 N–H and O–H groups in total. The summed E-state index contributed by atoms with van der Waals surface area (Å²) in [6.07, 6.45) is 0.190. The molecule has 0 saturated carbocycles. The molecule has 0 saturated heterocycles. The smallest absolute Gasteiger partial charge is 0.337 e. The van der Waals surface area contributed by atoms with Gasteiger partial charge >= 0.3 is 5.97 Å². The molecular formula is C14H19FN2O3. The average molecular weight is 282 g/mol. The molecule has 1 aromatic rings. The molecule has 0 atom stereocenters. The first-order chi connectivity index (χ1) is 9.51. The van der Waals surface area contributed by atoms with Crippen molar-refractivity contribution < 1.29 is 19.1 Å². The Bertz CT molecular complexity index is 487. The summed E-state index contributed by atoms with van der Waals surface area (Å²) in [6.45, 7) is 5.20. The van der Waals surface area contributed by atoms with Gasteiger partial charge in [-0.05, 0) is 26.0 Å². The van der Waals surface area contributed by atoms with E-state index in [1.165, 1.54) is 18.2 Å². The fourth-order valence-corrected chi connectivity index (χ4v) is 1.91. The van der Waals surface area contributed by atoms with Crippen molar-refractivity contribution in [3.8, 4) is 0 Å². The molecule has 0 aliphatic rings. The highest BCUT2D eigenvalue weighted by atomic mass is 19.1. The van der Waals surface area contributed by atoms with Crippen molar-refractivity contribution in [2.24, 2.45) is 0 Å².